The molecule has 0 aliphatic heterocycles. The van der Waals surface area contributed by atoms with Gasteiger partial charge in [0, 0.05) is 19.3 Å². The predicted molar refractivity (Wildman–Crippen MR) is 97.4 cm³/mol. The van der Waals surface area contributed by atoms with E-state index in [0.29, 0.717) is 11.6 Å². The van der Waals surface area contributed by atoms with Crippen LogP contribution in [0.1, 0.15) is 26.6 Å². The number of hydrogen-bond donors (Lipinski definition) is 0. The van der Waals surface area contributed by atoms with Crippen molar-refractivity contribution in [1.82, 2.24) is 24.1 Å². The van der Waals surface area contributed by atoms with Gasteiger partial charge in [-0.15, -0.1) is 0 Å². The zero-order valence-corrected chi connectivity index (χ0v) is 17.1. The van der Waals surface area contributed by atoms with E-state index in [0.717, 1.165) is 4.68 Å². The fourth-order valence-corrected chi connectivity index (χ4v) is 3.21. The van der Waals surface area contributed by atoms with Gasteiger partial charge in [-0.3, -0.25) is 4.68 Å². The number of alkyl halides is 1. The Kier molecular flexibility index (Phi) is 5.38. The molecule has 0 saturated heterocycles. The number of rotatable bonds is 6. The van der Waals surface area contributed by atoms with Crippen molar-refractivity contribution in [2.75, 3.05) is 6.61 Å². The first kappa shape index (κ1) is 19.6. The summed E-state index contributed by atoms with van der Waals surface area (Å²) >= 11 is 0. The predicted octanol–water partition coefficient (Wildman–Crippen LogP) is 2.44. The van der Waals surface area contributed by atoms with E-state index in [4.69, 9.17) is 4.43 Å². The maximum absolute atomic E-state index is 14.4. The Labute approximate surface area is 148 Å². The molecule has 0 aliphatic rings. The molecule has 9 heteroatoms. The lowest BCUT2D eigenvalue weighted by Crippen LogP contribution is -2.43. The van der Waals surface area contributed by atoms with Gasteiger partial charge in [-0.25, -0.2) is 18.4 Å². The second-order valence-electron chi connectivity index (χ2n) is 7.86. The van der Waals surface area contributed by atoms with Crippen LogP contribution in [0.25, 0.3) is 5.82 Å². The van der Waals surface area contributed by atoms with Gasteiger partial charge in [0.25, 0.3) is 0 Å². The molecule has 0 fully saturated rings. The van der Waals surface area contributed by atoms with Crippen LogP contribution in [0.15, 0.2) is 17.1 Å². The van der Waals surface area contributed by atoms with E-state index in [2.05, 4.69) is 44.1 Å². The number of nitrogens with zero attached hydrogens (tertiary/aromatic N) is 5. The van der Waals surface area contributed by atoms with Crippen molar-refractivity contribution in [2.24, 2.45) is 7.05 Å². The van der Waals surface area contributed by atoms with E-state index < -0.39 is 20.2 Å². The molecule has 25 heavy (non-hydrogen) atoms. The highest BCUT2D eigenvalue weighted by atomic mass is 28.4. The first-order valence-corrected chi connectivity index (χ1v) is 11.3. The van der Waals surface area contributed by atoms with Gasteiger partial charge in [-0.2, -0.15) is 10.2 Å². The fraction of sp³-hybridized carbons (Fsp3) is 0.688. The van der Waals surface area contributed by atoms with Crippen molar-refractivity contribution in [3.05, 3.63) is 28.6 Å². The molecular formula is C16H28FN5O2Si. The molecule has 0 N–H and O–H groups in total. The second-order valence-corrected chi connectivity index (χ2v) is 12.7. The lowest BCUT2D eigenvalue weighted by atomic mass is 10.2. The second kappa shape index (κ2) is 6.87. The third-order valence-corrected chi connectivity index (χ3v) is 9.23. The number of aromatic nitrogens is 5. The highest BCUT2D eigenvalue weighted by Crippen LogP contribution is 2.36. The lowest BCUT2D eigenvalue weighted by molar-refractivity contribution is 0.161. The number of aryl methyl sites for hydroxylation is 2. The molecule has 0 aliphatic carbocycles. The van der Waals surface area contributed by atoms with Gasteiger partial charge in [-0.05, 0) is 25.1 Å². The third kappa shape index (κ3) is 4.27. The molecular weight excluding hydrogens is 341 g/mol. The van der Waals surface area contributed by atoms with Crippen molar-refractivity contribution in [1.29, 1.82) is 0 Å². The Morgan fingerprint density at radius 2 is 1.96 bits per heavy atom. The highest BCUT2D eigenvalue weighted by Gasteiger charge is 2.37. The maximum Gasteiger partial charge on any atom is 0.351 e. The fourth-order valence-electron chi connectivity index (χ4n) is 2.18. The van der Waals surface area contributed by atoms with Crippen LogP contribution in [0.2, 0.25) is 18.1 Å². The monoisotopic (exact) mass is 369 g/mol. The molecule has 0 radical (unpaired) electrons. The molecule has 0 unspecified atom stereocenters. The van der Waals surface area contributed by atoms with Crippen LogP contribution < -0.4 is 5.69 Å². The molecule has 0 spiro atoms. The van der Waals surface area contributed by atoms with Gasteiger partial charge in [0.1, 0.15) is 12.0 Å². The lowest BCUT2D eigenvalue weighted by Gasteiger charge is -2.36. The maximum atomic E-state index is 14.4. The minimum Gasteiger partial charge on any atom is -0.414 e. The minimum absolute atomic E-state index is 0.0146. The van der Waals surface area contributed by atoms with Gasteiger partial charge >= 0.3 is 5.69 Å². The Bertz CT molecular complexity index is 787. The zero-order valence-electron chi connectivity index (χ0n) is 16.1. The molecule has 0 saturated carbocycles. The van der Waals surface area contributed by atoms with Crippen molar-refractivity contribution in [2.45, 2.75) is 58.5 Å². The summed E-state index contributed by atoms with van der Waals surface area (Å²) in [4.78, 5) is 12.5. The minimum atomic E-state index is -2.02. The molecule has 2 aromatic rings. The van der Waals surface area contributed by atoms with Crippen molar-refractivity contribution in [3.63, 3.8) is 0 Å². The van der Waals surface area contributed by atoms with Crippen LogP contribution in [0.3, 0.4) is 0 Å². The summed E-state index contributed by atoms with van der Waals surface area (Å²) in [6.07, 6.45) is 0.446. The van der Waals surface area contributed by atoms with Crippen LogP contribution in [-0.2, 0) is 18.0 Å². The Morgan fingerprint density at radius 3 is 2.48 bits per heavy atom. The van der Waals surface area contributed by atoms with E-state index in [-0.39, 0.29) is 18.2 Å². The summed E-state index contributed by atoms with van der Waals surface area (Å²) in [7, 11) is -0.252. The smallest absolute Gasteiger partial charge is 0.351 e. The molecule has 0 amide bonds. The molecule has 2 heterocycles. The van der Waals surface area contributed by atoms with Crippen LogP contribution in [-0.4, -0.2) is 45.2 Å². The van der Waals surface area contributed by atoms with E-state index in [9.17, 15) is 9.18 Å². The van der Waals surface area contributed by atoms with Gasteiger partial charge in [-0.1, -0.05) is 20.8 Å². The van der Waals surface area contributed by atoms with Crippen molar-refractivity contribution in [3.8, 4) is 5.82 Å². The van der Waals surface area contributed by atoms with Crippen molar-refractivity contribution < 1.29 is 8.82 Å². The van der Waals surface area contributed by atoms with Crippen LogP contribution in [0.5, 0.6) is 0 Å². The molecule has 2 aromatic heterocycles. The SMILES string of the molecule is Cc1nn(C[C@H](F)CO[Si](C)(C)C(C)(C)C)c(=O)n1-c1ccn(C)n1. The summed E-state index contributed by atoms with van der Waals surface area (Å²) in [6.45, 7) is 12.0. The summed E-state index contributed by atoms with van der Waals surface area (Å²) in [5.41, 5.74) is -0.397. The summed E-state index contributed by atoms with van der Waals surface area (Å²) in [5, 5.41) is 8.38. The molecule has 2 rings (SSSR count). The van der Waals surface area contributed by atoms with Gasteiger partial charge in [0.2, 0.25) is 0 Å². The summed E-state index contributed by atoms with van der Waals surface area (Å²) in [6, 6.07) is 1.72. The molecule has 0 bridgehead atoms. The van der Waals surface area contributed by atoms with E-state index in [1.807, 2.05) is 0 Å². The normalized spacial score (nSPS) is 14.1. The van der Waals surface area contributed by atoms with Gasteiger partial charge in [0.15, 0.2) is 14.1 Å². The van der Waals surface area contributed by atoms with Crippen LogP contribution in [0, 0.1) is 6.92 Å². The topological polar surface area (TPSA) is 66.9 Å². The van der Waals surface area contributed by atoms with E-state index in [1.54, 1.807) is 30.9 Å². The Balaban J connectivity index is 2.10. The largest absolute Gasteiger partial charge is 0.414 e. The van der Waals surface area contributed by atoms with Crippen LogP contribution >= 0.6 is 0 Å². The zero-order chi connectivity index (χ0) is 19.0. The standard InChI is InChI=1S/C16H28FN5O2Si/c1-12-18-21(15(23)22(12)14-8-9-20(5)19-14)10-13(17)11-24-25(6,7)16(2,3)4/h8-9,13H,10-11H2,1-7H3/t13-/m0/s1. The highest BCUT2D eigenvalue weighted by molar-refractivity contribution is 6.74. The van der Waals surface area contributed by atoms with Crippen LogP contribution in [0.4, 0.5) is 4.39 Å². The third-order valence-electron chi connectivity index (χ3n) is 4.73. The number of halogens is 1. The first-order valence-electron chi connectivity index (χ1n) is 8.37. The van der Waals surface area contributed by atoms with E-state index in [1.165, 1.54) is 4.57 Å². The average Bonchev–Trinajstić information content (AvgIpc) is 3.00. The first-order chi connectivity index (χ1) is 11.4. The quantitative estimate of drug-likeness (QED) is 0.734. The summed E-state index contributed by atoms with van der Waals surface area (Å²) < 4.78 is 24.4. The van der Waals surface area contributed by atoms with Crippen molar-refractivity contribution >= 4 is 8.32 Å². The molecule has 7 nitrogen and oxygen atoms in total. The van der Waals surface area contributed by atoms with E-state index >= 15 is 0 Å². The van der Waals surface area contributed by atoms with Gasteiger partial charge in [0.05, 0.1) is 13.2 Å². The number of hydrogen-bond acceptors (Lipinski definition) is 4. The molecule has 1 atom stereocenters. The van der Waals surface area contributed by atoms with Gasteiger partial charge < -0.3 is 4.43 Å². The average molecular weight is 370 g/mol. The summed E-state index contributed by atoms with van der Waals surface area (Å²) in [5.74, 6) is 0.949. The Morgan fingerprint density at radius 1 is 1.32 bits per heavy atom. The molecule has 0 aromatic carbocycles. The Hall–Kier alpha value is -1.74. The molecule has 140 valence electrons.